The Kier molecular flexibility index (Phi) is 3.59. The predicted molar refractivity (Wildman–Crippen MR) is 83.6 cm³/mol. The van der Waals surface area contributed by atoms with Crippen molar-refractivity contribution in [3.05, 3.63) is 16.6 Å². The van der Waals surface area contributed by atoms with Crippen LogP contribution in [-0.2, 0) is 11.2 Å². The van der Waals surface area contributed by atoms with E-state index in [0.717, 1.165) is 43.9 Å². The largest absolute Gasteiger partial charge is 0.374 e. The Morgan fingerprint density at radius 3 is 2.81 bits per heavy atom. The average molecular weight is 306 g/mol. The van der Waals surface area contributed by atoms with E-state index in [0.29, 0.717) is 12.2 Å². The van der Waals surface area contributed by atoms with Gasteiger partial charge < -0.3 is 15.0 Å². The van der Waals surface area contributed by atoms with Gasteiger partial charge in [-0.15, -0.1) is 11.3 Å². The summed E-state index contributed by atoms with van der Waals surface area (Å²) in [5.74, 6) is 2.49. The fourth-order valence-corrected chi connectivity index (χ4v) is 4.74. The highest BCUT2D eigenvalue weighted by atomic mass is 32.1. The van der Waals surface area contributed by atoms with Gasteiger partial charge in [-0.25, -0.2) is 4.98 Å². The molecule has 6 heteroatoms. The quantitative estimate of drug-likeness (QED) is 0.677. The van der Waals surface area contributed by atoms with Gasteiger partial charge in [0.1, 0.15) is 0 Å². The normalized spacial score (nSPS) is 34.5. The van der Waals surface area contributed by atoms with Gasteiger partial charge in [-0.05, 0) is 12.8 Å². The molecule has 3 aliphatic heterocycles. The van der Waals surface area contributed by atoms with Gasteiger partial charge in [0.15, 0.2) is 5.96 Å². The van der Waals surface area contributed by atoms with E-state index in [9.17, 15) is 0 Å². The molecule has 4 unspecified atom stereocenters. The summed E-state index contributed by atoms with van der Waals surface area (Å²) in [6.07, 6.45) is 6.38. The van der Waals surface area contributed by atoms with Gasteiger partial charge in [0.25, 0.3) is 0 Å². The molecular weight excluding hydrogens is 284 g/mol. The Hall–Kier alpha value is -1.14. The number of likely N-dealkylation sites (tertiary alicyclic amines) is 1. The smallest absolute Gasteiger partial charge is 0.193 e. The molecule has 3 aliphatic rings. The minimum atomic E-state index is 0.512. The zero-order chi connectivity index (χ0) is 14.2. The van der Waals surface area contributed by atoms with Crippen LogP contribution in [0.5, 0.6) is 0 Å². The number of guanidine groups is 1. The topological polar surface area (TPSA) is 49.8 Å². The summed E-state index contributed by atoms with van der Waals surface area (Å²) < 4.78 is 6.04. The summed E-state index contributed by atoms with van der Waals surface area (Å²) in [4.78, 5) is 11.2. The minimum absolute atomic E-state index is 0.512. The first kappa shape index (κ1) is 13.5. The molecule has 1 N–H and O–H groups in total. The summed E-state index contributed by atoms with van der Waals surface area (Å²) in [5.41, 5.74) is 0. The molecular formula is C15H22N4OS. The van der Waals surface area contributed by atoms with E-state index in [2.05, 4.69) is 20.2 Å². The molecule has 0 amide bonds. The van der Waals surface area contributed by atoms with Gasteiger partial charge in [-0.2, -0.15) is 0 Å². The number of nitrogens with one attached hydrogen (secondary N) is 1. The molecule has 0 aromatic carbocycles. The second-order valence-electron chi connectivity index (χ2n) is 6.17. The van der Waals surface area contributed by atoms with E-state index in [1.54, 1.807) is 11.3 Å². The summed E-state index contributed by atoms with van der Waals surface area (Å²) >= 11 is 1.72. The molecule has 3 saturated heterocycles. The highest BCUT2D eigenvalue weighted by Gasteiger charge is 2.53. The SMILES string of the molecule is CN=C(NCCc1nccs1)N1CC2C3CCC(O3)C2C1. The monoisotopic (exact) mass is 306 g/mol. The van der Waals surface area contributed by atoms with Crippen molar-refractivity contribution in [1.29, 1.82) is 0 Å². The summed E-state index contributed by atoms with van der Waals surface area (Å²) in [7, 11) is 1.88. The summed E-state index contributed by atoms with van der Waals surface area (Å²) in [6.45, 7) is 3.10. The zero-order valence-corrected chi connectivity index (χ0v) is 13.2. The first-order chi connectivity index (χ1) is 10.3. The highest BCUT2D eigenvalue weighted by molar-refractivity contribution is 7.09. The standard InChI is InChI=1S/C15H22N4OS/c1-16-15(18-5-4-14-17-6-7-21-14)19-8-10-11(9-19)13-3-2-12(10)20-13/h6-7,10-13H,2-5,8-9H2,1H3,(H,16,18). The van der Waals surface area contributed by atoms with E-state index in [1.807, 2.05) is 18.6 Å². The molecule has 1 aromatic rings. The van der Waals surface area contributed by atoms with Crippen LogP contribution in [0.1, 0.15) is 17.8 Å². The van der Waals surface area contributed by atoms with Crippen LogP contribution in [0.3, 0.4) is 0 Å². The van der Waals surface area contributed by atoms with Crippen LogP contribution in [0, 0.1) is 11.8 Å². The van der Waals surface area contributed by atoms with Crippen molar-refractivity contribution in [2.24, 2.45) is 16.8 Å². The molecule has 4 atom stereocenters. The zero-order valence-electron chi connectivity index (χ0n) is 12.4. The number of aromatic nitrogens is 1. The van der Waals surface area contributed by atoms with Crippen LogP contribution >= 0.6 is 11.3 Å². The molecule has 1 aromatic heterocycles. The lowest BCUT2D eigenvalue weighted by Gasteiger charge is -2.23. The third-order valence-electron chi connectivity index (χ3n) is 5.07. The summed E-state index contributed by atoms with van der Waals surface area (Å²) in [6, 6.07) is 0. The van der Waals surface area contributed by atoms with Gasteiger partial charge in [-0.3, -0.25) is 4.99 Å². The second-order valence-corrected chi connectivity index (χ2v) is 7.15. The third kappa shape index (κ3) is 2.44. The lowest BCUT2D eigenvalue weighted by molar-refractivity contribution is 0.0767. The van der Waals surface area contributed by atoms with Gasteiger partial charge in [0.2, 0.25) is 0 Å². The van der Waals surface area contributed by atoms with Crippen LogP contribution in [-0.4, -0.2) is 54.7 Å². The first-order valence-electron chi connectivity index (χ1n) is 7.84. The van der Waals surface area contributed by atoms with E-state index < -0.39 is 0 Å². The van der Waals surface area contributed by atoms with Crippen molar-refractivity contribution in [2.75, 3.05) is 26.7 Å². The molecule has 0 spiro atoms. The maximum Gasteiger partial charge on any atom is 0.193 e. The van der Waals surface area contributed by atoms with Crippen molar-refractivity contribution in [3.8, 4) is 0 Å². The van der Waals surface area contributed by atoms with Crippen LogP contribution < -0.4 is 5.32 Å². The average Bonchev–Trinajstić information content (AvgIpc) is 3.25. The van der Waals surface area contributed by atoms with Crippen molar-refractivity contribution in [1.82, 2.24) is 15.2 Å². The van der Waals surface area contributed by atoms with Crippen molar-refractivity contribution in [3.63, 3.8) is 0 Å². The maximum absolute atomic E-state index is 6.04. The Morgan fingerprint density at radius 1 is 1.43 bits per heavy atom. The Morgan fingerprint density at radius 2 is 2.19 bits per heavy atom. The Balaban J connectivity index is 1.32. The number of nitrogens with zero attached hydrogens (tertiary/aromatic N) is 3. The minimum Gasteiger partial charge on any atom is -0.374 e. The molecule has 0 radical (unpaired) electrons. The van der Waals surface area contributed by atoms with E-state index in [-0.39, 0.29) is 0 Å². The van der Waals surface area contributed by atoms with Crippen LogP contribution in [0.4, 0.5) is 0 Å². The van der Waals surface area contributed by atoms with Gasteiger partial charge >= 0.3 is 0 Å². The van der Waals surface area contributed by atoms with Crippen LogP contribution in [0.2, 0.25) is 0 Å². The van der Waals surface area contributed by atoms with Gasteiger partial charge in [0, 0.05) is 56.5 Å². The highest BCUT2D eigenvalue weighted by Crippen LogP contribution is 2.47. The first-order valence-corrected chi connectivity index (χ1v) is 8.72. The maximum atomic E-state index is 6.04. The lowest BCUT2D eigenvalue weighted by atomic mass is 9.82. The van der Waals surface area contributed by atoms with Crippen molar-refractivity contribution in [2.45, 2.75) is 31.5 Å². The fraction of sp³-hybridized carbons (Fsp3) is 0.733. The molecule has 0 aliphatic carbocycles. The van der Waals surface area contributed by atoms with Crippen molar-refractivity contribution < 1.29 is 4.74 Å². The predicted octanol–water partition coefficient (Wildman–Crippen LogP) is 1.37. The second kappa shape index (κ2) is 5.57. The fourth-order valence-electron chi connectivity index (χ4n) is 4.12. The molecule has 4 rings (SSSR count). The molecule has 2 bridgehead atoms. The lowest BCUT2D eigenvalue weighted by Crippen LogP contribution is -2.42. The third-order valence-corrected chi connectivity index (χ3v) is 5.91. The van der Waals surface area contributed by atoms with Crippen LogP contribution in [0.15, 0.2) is 16.6 Å². The number of aliphatic imine (C=N–C) groups is 1. The Labute approximate surface area is 129 Å². The van der Waals surface area contributed by atoms with E-state index >= 15 is 0 Å². The molecule has 114 valence electrons. The number of fused-ring (bicyclic) bond motifs is 5. The molecule has 21 heavy (non-hydrogen) atoms. The van der Waals surface area contributed by atoms with Gasteiger partial charge in [-0.1, -0.05) is 0 Å². The number of hydrogen-bond donors (Lipinski definition) is 1. The number of ether oxygens (including phenoxy) is 1. The van der Waals surface area contributed by atoms with Crippen molar-refractivity contribution >= 4 is 17.3 Å². The number of thiazole rings is 1. The van der Waals surface area contributed by atoms with E-state index in [1.165, 1.54) is 17.8 Å². The van der Waals surface area contributed by atoms with Crippen LogP contribution in [0.25, 0.3) is 0 Å². The Bertz CT molecular complexity index is 500. The number of rotatable bonds is 3. The summed E-state index contributed by atoms with van der Waals surface area (Å²) in [5, 5.41) is 6.70. The van der Waals surface area contributed by atoms with Gasteiger partial charge in [0.05, 0.1) is 17.2 Å². The molecule has 0 saturated carbocycles. The molecule has 4 heterocycles. The number of hydrogen-bond acceptors (Lipinski definition) is 4. The molecule has 5 nitrogen and oxygen atoms in total. The van der Waals surface area contributed by atoms with E-state index in [4.69, 9.17) is 4.74 Å². The molecule has 3 fully saturated rings.